The van der Waals surface area contributed by atoms with Crippen molar-refractivity contribution in [3.8, 4) is 11.8 Å². The van der Waals surface area contributed by atoms with Gasteiger partial charge in [-0.15, -0.1) is 0 Å². The average Bonchev–Trinajstić information content (AvgIpc) is 3.05. The Hall–Kier alpha value is -2.96. The highest BCUT2D eigenvalue weighted by atomic mass is 32.1. The van der Waals surface area contributed by atoms with Crippen molar-refractivity contribution in [2.24, 2.45) is 5.16 Å². The Balaban J connectivity index is 2.44. The number of aromatic nitrogens is 3. The van der Waals surface area contributed by atoms with Crippen LogP contribution >= 0.6 is 11.3 Å². The van der Waals surface area contributed by atoms with Crippen molar-refractivity contribution in [3.63, 3.8) is 0 Å². The molecule has 0 saturated carbocycles. The second-order valence-electron chi connectivity index (χ2n) is 4.78. The highest BCUT2D eigenvalue weighted by molar-refractivity contribution is 7.17. The minimum Gasteiger partial charge on any atom is -0.480 e. The van der Waals surface area contributed by atoms with Gasteiger partial charge < -0.3 is 14.3 Å². The molecule has 27 heavy (non-hydrogen) atoms. The fourth-order valence-corrected chi connectivity index (χ4v) is 2.92. The van der Waals surface area contributed by atoms with Crippen molar-refractivity contribution in [2.75, 3.05) is 26.6 Å². The highest BCUT2D eigenvalue weighted by Gasteiger charge is 2.39. The molecule has 0 aliphatic heterocycles. The van der Waals surface area contributed by atoms with E-state index in [0.29, 0.717) is 11.3 Å². The number of methoxy groups -OCH3 is 2. The summed E-state index contributed by atoms with van der Waals surface area (Å²) in [5.74, 6) is -1.06. The van der Waals surface area contributed by atoms with Crippen LogP contribution in [0.4, 0.5) is 18.3 Å². The van der Waals surface area contributed by atoms with Crippen molar-refractivity contribution in [1.29, 1.82) is 0 Å². The summed E-state index contributed by atoms with van der Waals surface area (Å²) in [5, 5.41) is 5.45. The van der Waals surface area contributed by atoms with Gasteiger partial charge in [0, 0.05) is 0 Å². The smallest absolute Gasteiger partial charge is 0.434 e. The van der Waals surface area contributed by atoms with Crippen LogP contribution < -0.4 is 14.8 Å². The van der Waals surface area contributed by atoms with Gasteiger partial charge in [0.2, 0.25) is 11.8 Å². The maximum Gasteiger partial charge on any atom is 0.434 e. The number of nitrogens with zero attached hydrogens (tertiary/aromatic N) is 4. The van der Waals surface area contributed by atoms with E-state index in [2.05, 4.69) is 30.3 Å². The summed E-state index contributed by atoms with van der Waals surface area (Å²) in [6.45, 7) is 1.33. The molecule has 13 heteroatoms. The normalized spacial score (nSPS) is 11.9. The van der Waals surface area contributed by atoms with Gasteiger partial charge in [0.15, 0.2) is 16.4 Å². The van der Waals surface area contributed by atoms with E-state index in [-0.39, 0.29) is 33.0 Å². The van der Waals surface area contributed by atoms with E-state index in [1.807, 2.05) is 0 Å². The summed E-state index contributed by atoms with van der Waals surface area (Å²) < 4.78 is 49.7. The van der Waals surface area contributed by atoms with Gasteiger partial charge in [0.05, 0.1) is 24.8 Å². The number of carbonyl (C=O) groups is 1. The van der Waals surface area contributed by atoms with Crippen LogP contribution in [0.2, 0.25) is 0 Å². The molecule has 2 aromatic heterocycles. The number of hydrogen-bond donors (Lipinski definition) is 1. The Bertz CT molecular complexity index is 847. The van der Waals surface area contributed by atoms with Gasteiger partial charge in [-0.3, -0.25) is 10.1 Å². The molecule has 9 nitrogen and oxygen atoms in total. The summed E-state index contributed by atoms with van der Waals surface area (Å²) in [7, 11) is 3.74. The molecule has 0 aliphatic rings. The Kier molecular flexibility index (Phi) is 6.15. The number of nitrogens with one attached hydrogen (secondary N) is 1. The lowest BCUT2D eigenvalue weighted by Crippen LogP contribution is -2.16. The number of anilines is 1. The molecule has 0 radical (unpaired) electrons. The molecule has 0 saturated heterocycles. The molecule has 0 atom stereocenters. The van der Waals surface area contributed by atoms with E-state index in [0.717, 1.165) is 6.33 Å². The summed E-state index contributed by atoms with van der Waals surface area (Å²) in [6.07, 6.45) is -3.63. The minimum absolute atomic E-state index is 0.0407. The number of amides is 1. The van der Waals surface area contributed by atoms with Crippen molar-refractivity contribution >= 4 is 28.1 Å². The molecule has 2 heterocycles. The molecule has 2 aromatic rings. The fourth-order valence-electron chi connectivity index (χ4n) is 2.01. The van der Waals surface area contributed by atoms with Gasteiger partial charge >= 0.3 is 6.18 Å². The second kappa shape index (κ2) is 8.16. The zero-order chi connectivity index (χ0) is 20.2. The molecule has 0 bridgehead atoms. The van der Waals surface area contributed by atoms with E-state index in [1.54, 1.807) is 0 Å². The zero-order valence-electron chi connectivity index (χ0n) is 14.5. The first kappa shape index (κ1) is 20.4. The number of rotatable bonds is 6. The number of alkyl halides is 3. The number of thiazole rings is 1. The Labute approximate surface area is 155 Å². The Morgan fingerprint density at radius 3 is 2.26 bits per heavy atom. The lowest BCUT2D eigenvalue weighted by atomic mass is 10.2. The molecule has 0 aliphatic carbocycles. The number of hydrogen-bond acceptors (Lipinski definition) is 9. The molecule has 0 aromatic carbocycles. The van der Waals surface area contributed by atoms with E-state index in [9.17, 15) is 18.0 Å². The topological polar surface area (TPSA) is 108 Å². The Morgan fingerprint density at radius 2 is 1.78 bits per heavy atom. The second-order valence-corrected chi connectivity index (χ2v) is 5.77. The molecule has 0 unspecified atom stereocenters. The maximum atomic E-state index is 13.2. The lowest BCUT2D eigenvalue weighted by Gasteiger charge is -2.09. The number of carbonyl (C=O) groups excluding carboxylic acids is 1. The van der Waals surface area contributed by atoms with Crippen molar-refractivity contribution in [2.45, 2.75) is 13.1 Å². The van der Waals surface area contributed by atoms with Crippen LogP contribution in [0.15, 0.2) is 11.5 Å². The van der Waals surface area contributed by atoms with Crippen LogP contribution in [0, 0.1) is 0 Å². The predicted octanol–water partition coefficient (Wildman–Crippen LogP) is 2.59. The fraction of sp³-hybridized carbons (Fsp3) is 0.357. The monoisotopic (exact) mass is 405 g/mol. The molecule has 1 amide bonds. The molecule has 2 rings (SSSR count). The van der Waals surface area contributed by atoms with Gasteiger partial charge in [-0.25, -0.2) is 15.0 Å². The zero-order valence-corrected chi connectivity index (χ0v) is 15.4. The maximum absolute atomic E-state index is 13.2. The van der Waals surface area contributed by atoms with Crippen LogP contribution in [0.1, 0.15) is 27.9 Å². The van der Waals surface area contributed by atoms with Crippen LogP contribution in [-0.2, 0) is 11.0 Å². The quantitative estimate of drug-likeness (QED) is 0.581. The van der Waals surface area contributed by atoms with E-state index >= 15 is 0 Å². The van der Waals surface area contributed by atoms with Crippen molar-refractivity contribution in [1.82, 2.24) is 15.0 Å². The van der Waals surface area contributed by atoms with Gasteiger partial charge in [-0.05, 0) is 6.92 Å². The number of oxime groups is 1. The third kappa shape index (κ3) is 4.42. The first-order valence-corrected chi connectivity index (χ1v) is 7.95. The van der Waals surface area contributed by atoms with Crippen molar-refractivity contribution < 1.29 is 32.3 Å². The van der Waals surface area contributed by atoms with Gasteiger partial charge in [-0.2, -0.15) is 13.2 Å². The van der Waals surface area contributed by atoms with Crippen LogP contribution in [0.3, 0.4) is 0 Å². The van der Waals surface area contributed by atoms with Crippen LogP contribution in [0.25, 0.3) is 0 Å². The molecule has 0 spiro atoms. The molecule has 1 N–H and O–H groups in total. The van der Waals surface area contributed by atoms with Gasteiger partial charge in [0.1, 0.15) is 13.4 Å². The SMILES string of the molecule is CO/N=C(\C)c1sc(NC(=O)c2c(OC)ncnc2OC)nc1C(F)(F)F. The first-order valence-electron chi connectivity index (χ1n) is 7.13. The predicted molar refractivity (Wildman–Crippen MR) is 89.4 cm³/mol. The van der Waals surface area contributed by atoms with Gasteiger partial charge in [0.25, 0.3) is 5.91 Å². The summed E-state index contributed by atoms with van der Waals surface area (Å²) in [5.41, 5.74) is -1.42. The molecule has 0 fully saturated rings. The highest BCUT2D eigenvalue weighted by Crippen LogP contribution is 2.37. The minimum atomic E-state index is -4.75. The van der Waals surface area contributed by atoms with Crippen LogP contribution in [0.5, 0.6) is 11.8 Å². The summed E-state index contributed by atoms with van der Waals surface area (Å²) >= 11 is 0.588. The van der Waals surface area contributed by atoms with E-state index in [1.165, 1.54) is 28.3 Å². The average molecular weight is 405 g/mol. The molecular formula is C14H14F3N5O4S. The van der Waals surface area contributed by atoms with Gasteiger partial charge in [-0.1, -0.05) is 16.5 Å². The van der Waals surface area contributed by atoms with Crippen LogP contribution in [-0.4, -0.2) is 47.9 Å². The Morgan fingerprint density at radius 1 is 1.19 bits per heavy atom. The summed E-state index contributed by atoms with van der Waals surface area (Å²) in [6, 6.07) is 0. The van der Waals surface area contributed by atoms with E-state index < -0.39 is 17.8 Å². The first-order chi connectivity index (χ1) is 12.7. The van der Waals surface area contributed by atoms with E-state index in [4.69, 9.17) is 9.47 Å². The lowest BCUT2D eigenvalue weighted by molar-refractivity contribution is -0.140. The summed E-state index contributed by atoms with van der Waals surface area (Å²) in [4.78, 5) is 27.8. The largest absolute Gasteiger partial charge is 0.480 e. The number of halogens is 3. The molecule has 146 valence electrons. The third-order valence-electron chi connectivity index (χ3n) is 3.06. The van der Waals surface area contributed by atoms with Crippen molar-refractivity contribution in [3.05, 3.63) is 22.5 Å². The molecular weight excluding hydrogens is 391 g/mol. The standard InChI is InChI=1S/C14H14F3N5O4S/c1-6(22-26-4)8-9(14(15,16)17)20-13(27-8)21-10(23)7-11(24-2)18-5-19-12(7)25-3/h5H,1-4H3,(H,20,21,23)/b22-6+. The third-order valence-corrected chi connectivity index (χ3v) is 4.14. The number of ether oxygens (including phenoxy) is 2.